The Labute approximate surface area is 109 Å². The number of likely N-dealkylation sites (tertiary alicyclic amines) is 1. The number of aromatic nitrogens is 1. The second-order valence-corrected chi connectivity index (χ2v) is 4.72. The van der Waals surface area contributed by atoms with Gasteiger partial charge in [0.2, 0.25) is 0 Å². The van der Waals surface area contributed by atoms with Gasteiger partial charge in [-0.15, -0.1) is 0 Å². The minimum absolute atomic E-state index is 0.244. The summed E-state index contributed by atoms with van der Waals surface area (Å²) in [5, 5.41) is 8.89. The van der Waals surface area contributed by atoms with E-state index in [9.17, 15) is 0 Å². The number of aryl methyl sites for hydroxylation is 1. The Kier molecular flexibility index (Phi) is 4.96. The van der Waals surface area contributed by atoms with Crippen molar-refractivity contribution >= 4 is 0 Å². The molecule has 0 aliphatic carbocycles. The number of piperidine rings is 1. The van der Waals surface area contributed by atoms with Crippen LogP contribution in [0.2, 0.25) is 0 Å². The van der Waals surface area contributed by atoms with Crippen LogP contribution in [0.1, 0.15) is 25.5 Å². The first-order valence-electron chi connectivity index (χ1n) is 6.76. The van der Waals surface area contributed by atoms with Crippen LogP contribution in [0.5, 0.6) is 5.75 Å². The highest BCUT2D eigenvalue weighted by Crippen LogP contribution is 2.18. The summed E-state index contributed by atoms with van der Waals surface area (Å²) >= 11 is 0. The summed E-state index contributed by atoms with van der Waals surface area (Å²) < 4.78 is 5.93. The Balaban J connectivity index is 1.80. The summed E-state index contributed by atoms with van der Waals surface area (Å²) in [7, 11) is 0. The molecule has 1 fully saturated rings. The van der Waals surface area contributed by atoms with Crippen LogP contribution in [0.3, 0.4) is 0 Å². The topological polar surface area (TPSA) is 45.6 Å². The van der Waals surface area contributed by atoms with Gasteiger partial charge in [-0.2, -0.15) is 0 Å². The van der Waals surface area contributed by atoms with Gasteiger partial charge in [0.15, 0.2) is 0 Å². The maximum Gasteiger partial charge on any atom is 0.138 e. The lowest BCUT2D eigenvalue weighted by Crippen LogP contribution is -2.39. The molecule has 0 spiro atoms. The minimum Gasteiger partial charge on any atom is -0.489 e. The SMILES string of the molecule is CCc1ccc(OC2CCN(CCO)CC2)cn1. The standard InChI is InChI=1S/C14H22N2O2/c1-2-12-3-4-14(11-15-12)18-13-5-7-16(8-6-13)9-10-17/h3-4,11,13,17H,2,5-10H2,1H3. The molecular formula is C14H22N2O2. The molecule has 1 saturated heterocycles. The van der Waals surface area contributed by atoms with Gasteiger partial charge < -0.3 is 14.7 Å². The summed E-state index contributed by atoms with van der Waals surface area (Å²) in [6.45, 7) is 5.13. The van der Waals surface area contributed by atoms with E-state index in [1.54, 1.807) is 0 Å². The number of pyridine rings is 1. The number of aliphatic hydroxyl groups is 1. The van der Waals surface area contributed by atoms with E-state index in [0.717, 1.165) is 50.3 Å². The molecule has 0 saturated carbocycles. The summed E-state index contributed by atoms with van der Waals surface area (Å²) in [4.78, 5) is 6.61. The number of ether oxygens (including phenoxy) is 1. The molecule has 0 bridgehead atoms. The summed E-state index contributed by atoms with van der Waals surface area (Å²) in [5.74, 6) is 0.868. The normalized spacial score (nSPS) is 17.9. The highest BCUT2D eigenvalue weighted by atomic mass is 16.5. The summed E-state index contributed by atoms with van der Waals surface area (Å²) in [5.41, 5.74) is 1.10. The van der Waals surface area contributed by atoms with Crippen LogP contribution in [-0.4, -0.2) is 47.3 Å². The Morgan fingerprint density at radius 2 is 2.17 bits per heavy atom. The van der Waals surface area contributed by atoms with E-state index in [2.05, 4.69) is 16.8 Å². The third-order valence-electron chi connectivity index (χ3n) is 3.41. The third-order valence-corrected chi connectivity index (χ3v) is 3.41. The highest BCUT2D eigenvalue weighted by Gasteiger charge is 2.19. The fraction of sp³-hybridized carbons (Fsp3) is 0.643. The van der Waals surface area contributed by atoms with Gasteiger partial charge in [0, 0.05) is 25.3 Å². The van der Waals surface area contributed by atoms with Gasteiger partial charge >= 0.3 is 0 Å². The zero-order chi connectivity index (χ0) is 12.8. The molecule has 1 aromatic heterocycles. The molecule has 0 unspecified atom stereocenters. The molecule has 1 N–H and O–H groups in total. The second kappa shape index (κ2) is 6.71. The quantitative estimate of drug-likeness (QED) is 0.860. The van der Waals surface area contributed by atoms with Crippen LogP contribution in [0, 0.1) is 0 Å². The van der Waals surface area contributed by atoms with Crippen molar-refractivity contribution in [3.05, 3.63) is 24.0 Å². The van der Waals surface area contributed by atoms with E-state index in [1.807, 2.05) is 18.3 Å². The van der Waals surface area contributed by atoms with Crippen molar-refractivity contribution in [2.24, 2.45) is 0 Å². The highest BCUT2D eigenvalue weighted by molar-refractivity contribution is 5.20. The number of hydrogen-bond donors (Lipinski definition) is 1. The predicted molar refractivity (Wildman–Crippen MR) is 70.8 cm³/mol. The van der Waals surface area contributed by atoms with Gasteiger partial charge in [0.25, 0.3) is 0 Å². The van der Waals surface area contributed by atoms with Gasteiger partial charge in [-0.25, -0.2) is 0 Å². The van der Waals surface area contributed by atoms with Crippen LogP contribution in [0.15, 0.2) is 18.3 Å². The lowest BCUT2D eigenvalue weighted by Gasteiger charge is -2.31. The predicted octanol–water partition coefficient (Wildman–Crippen LogP) is 1.48. The van der Waals surface area contributed by atoms with Crippen molar-refractivity contribution in [2.75, 3.05) is 26.2 Å². The van der Waals surface area contributed by atoms with Crippen LogP contribution in [0.25, 0.3) is 0 Å². The molecular weight excluding hydrogens is 228 g/mol. The first-order valence-corrected chi connectivity index (χ1v) is 6.76. The molecule has 4 heteroatoms. The molecule has 100 valence electrons. The van der Waals surface area contributed by atoms with Crippen molar-refractivity contribution in [3.8, 4) is 5.75 Å². The zero-order valence-corrected chi connectivity index (χ0v) is 11.0. The number of aliphatic hydroxyl groups excluding tert-OH is 1. The molecule has 0 amide bonds. The summed E-state index contributed by atoms with van der Waals surface area (Å²) in [6.07, 6.45) is 5.11. The largest absolute Gasteiger partial charge is 0.489 e. The molecule has 1 aliphatic rings. The van der Waals surface area contributed by atoms with E-state index >= 15 is 0 Å². The van der Waals surface area contributed by atoms with Gasteiger partial charge in [-0.05, 0) is 31.4 Å². The van der Waals surface area contributed by atoms with Crippen LogP contribution >= 0.6 is 0 Å². The Morgan fingerprint density at radius 1 is 1.39 bits per heavy atom. The van der Waals surface area contributed by atoms with Crippen molar-refractivity contribution in [3.63, 3.8) is 0 Å². The first-order chi connectivity index (χ1) is 8.81. The summed E-state index contributed by atoms with van der Waals surface area (Å²) in [6, 6.07) is 4.03. The number of hydrogen-bond acceptors (Lipinski definition) is 4. The molecule has 4 nitrogen and oxygen atoms in total. The smallest absolute Gasteiger partial charge is 0.138 e. The molecule has 2 heterocycles. The third kappa shape index (κ3) is 3.68. The maximum absolute atomic E-state index is 8.89. The Hall–Kier alpha value is -1.13. The Morgan fingerprint density at radius 3 is 2.72 bits per heavy atom. The molecule has 1 aliphatic heterocycles. The van der Waals surface area contributed by atoms with E-state index < -0.39 is 0 Å². The van der Waals surface area contributed by atoms with E-state index in [1.165, 1.54) is 0 Å². The van der Waals surface area contributed by atoms with Crippen molar-refractivity contribution in [1.82, 2.24) is 9.88 Å². The number of rotatable bonds is 5. The van der Waals surface area contributed by atoms with Crippen LogP contribution < -0.4 is 4.74 Å². The first kappa shape index (κ1) is 13.3. The van der Waals surface area contributed by atoms with E-state index in [-0.39, 0.29) is 12.7 Å². The fourth-order valence-corrected chi connectivity index (χ4v) is 2.27. The Bertz CT molecular complexity index is 345. The molecule has 18 heavy (non-hydrogen) atoms. The maximum atomic E-state index is 8.89. The average Bonchev–Trinajstić information content (AvgIpc) is 2.42. The number of β-amino-alcohol motifs (C(OH)–C–C–N with tert-alkyl or cyclic N) is 1. The molecule has 0 atom stereocenters. The molecule has 2 rings (SSSR count). The number of nitrogens with zero attached hydrogens (tertiary/aromatic N) is 2. The van der Waals surface area contributed by atoms with Crippen molar-refractivity contribution in [1.29, 1.82) is 0 Å². The lowest BCUT2D eigenvalue weighted by atomic mass is 10.1. The molecule has 1 aromatic rings. The van der Waals surface area contributed by atoms with Crippen LogP contribution in [0.4, 0.5) is 0 Å². The minimum atomic E-state index is 0.244. The van der Waals surface area contributed by atoms with Crippen molar-refractivity contribution in [2.45, 2.75) is 32.3 Å². The second-order valence-electron chi connectivity index (χ2n) is 4.72. The zero-order valence-electron chi connectivity index (χ0n) is 11.0. The fourth-order valence-electron chi connectivity index (χ4n) is 2.27. The molecule has 0 aromatic carbocycles. The van der Waals surface area contributed by atoms with Gasteiger partial charge in [0.05, 0.1) is 12.8 Å². The van der Waals surface area contributed by atoms with Gasteiger partial charge in [-0.3, -0.25) is 4.98 Å². The van der Waals surface area contributed by atoms with Crippen molar-refractivity contribution < 1.29 is 9.84 Å². The lowest BCUT2D eigenvalue weighted by molar-refractivity contribution is 0.0886. The van der Waals surface area contributed by atoms with E-state index in [4.69, 9.17) is 9.84 Å². The van der Waals surface area contributed by atoms with Gasteiger partial charge in [0.1, 0.15) is 11.9 Å². The van der Waals surface area contributed by atoms with Crippen LogP contribution in [-0.2, 0) is 6.42 Å². The van der Waals surface area contributed by atoms with E-state index in [0.29, 0.717) is 0 Å². The van der Waals surface area contributed by atoms with Gasteiger partial charge in [-0.1, -0.05) is 6.92 Å². The monoisotopic (exact) mass is 250 g/mol. The molecule has 0 radical (unpaired) electrons. The average molecular weight is 250 g/mol.